The summed E-state index contributed by atoms with van der Waals surface area (Å²) < 4.78 is 16.8. The molecule has 1 aliphatic heterocycles. The van der Waals surface area contributed by atoms with Gasteiger partial charge in [0.15, 0.2) is 0 Å². The Kier molecular flexibility index (Phi) is 4.32. The predicted molar refractivity (Wildman–Crippen MR) is 74.9 cm³/mol. The zero-order valence-electron chi connectivity index (χ0n) is 12.2. The highest BCUT2D eigenvalue weighted by Crippen LogP contribution is 2.40. The number of ether oxygens (including phenoxy) is 3. The monoisotopic (exact) mass is 265 g/mol. The number of methoxy groups -OCH3 is 2. The topological polar surface area (TPSA) is 39.7 Å². The molecule has 0 amide bonds. The van der Waals surface area contributed by atoms with Gasteiger partial charge in [-0.3, -0.25) is 0 Å². The summed E-state index contributed by atoms with van der Waals surface area (Å²) in [7, 11) is 5.34. The Morgan fingerprint density at radius 2 is 2.11 bits per heavy atom. The third-order valence-electron chi connectivity index (χ3n) is 3.91. The molecule has 1 N–H and O–H groups in total. The molecule has 4 heteroatoms. The summed E-state index contributed by atoms with van der Waals surface area (Å²) in [6.07, 6.45) is 1.98. The van der Waals surface area contributed by atoms with Crippen molar-refractivity contribution in [3.05, 3.63) is 23.8 Å². The van der Waals surface area contributed by atoms with Gasteiger partial charge in [-0.05, 0) is 38.9 Å². The lowest BCUT2D eigenvalue weighted by atomic mass is 9.85. The first-order valence-corrected chi connectivity index (χ1v) is 6.66. The number of hydrogen-bond acceptors (Lipinski definition) is 4. The molecule has 19 heavy (non-hydrogen) atoms. The first kappa shape index (κ1) is 14.2. The van der Waals surface area contributed by atoms with E-state index in [1.165, 1.54) is 0 Å². The standard InChI is InChI=1S/C15H23NO3/c1-15(10-11(16-2)7-8-19-15)13-6-5-12(17-3)9-14(13)18-4/h5-6,9,11,16H,7-8,10H2,1-4H3. The van der Waals surface area contributed by atoms with Crippen molar-refractivity contribution >= 4 is 0 Å². The van der Waals surface area contributed by atoms with Crippen LogP contribution in [0.4, 0.5) is 0 Å². The van der Waals surface area contributed by atoms with Crippen molar-refractivity contribution in [2.24, 2.45) is 0 Å². The maximum atomic E-state index is 6.04. The fourth-order valence-electron chi connectivity index (χ4n) is 2.73. The summed E-state index contributed by atoms with van der Waals surface area (Å²) in [6, 6.07) is 6.38. The molecule has 1 saturated heterocycles. The molecule has 0 aromatic heterocycles. The molecule has 1 fully saturated rings. The van der Waals surface area contributed by atoms with E-state index < -0.39 is 0 Å². The molecule has 1 heterocycles. The molecule has 0 saturated carbocycles. The van der Waals surface area contributed by atoms with Crippen LogP contribution in [0.2, 0.25) is 0 Å². The van der Waals surface area contributed by atoms with Gasteiger partial charge in [-0.25, -0.2) is 0 Å². The molecular weight excluding hydrogens is 242 g/mol. The van der Waals surface area contributed by atoms with Crippen molar-refractivity contribution in [1.82, 2.24) is 5.32 Å². The Hall–Kier alpha value is -1.26. The van der Waals surface area contributed by atoms with Gasteiger partial charge in [0.25, 0.3) is 0 Å². The van der Waals surface area contributed by atoms with Crippen LogP contribution in [-0.2, 0) is 10.3 Å². The molecule has 0 aliphatic carbocycles. The second-order valence-electron chi connectivity index (χ2n) is 5.12. The minimum absolute atomic E-state index is 0.316. The number of hydrogen-bond donors (Lipinski definition) is 1. The van der Waals surface area contributed by atoms with E-state index in [2.05, 4.69) is 12.2 Å². The molecule has 1 aromatic rings. The van der Waals surface area contributed by atoms with Crippen molar-refractivity contribution in [2.75, 3.05) is 27.9 Å². The van der Waals surface area contributed by atoms with Crippen LogP contribution in [-0.4, -0.2) is 33.9 Å². The van der Waals surface area contributed by atoms with Gasteiger partial charge in [-0.1, -0.05) is 0 Å². The maximum absolute atomic E-state index is 6.04. The van der Waals surface area contributed by atoms with E-state index in [-0.39, 0.29) is 5.60 Å². The summed E-state index contributed by atoms with van der Waals surface area (Å²) in [4.78, 5) is 0. The van der Waals surface area contributed by atoms with Crippen LogP contribution < -0.4 is 14.8 Å². The normalized spacial score (nSPS) is 27.1. The molecule has 1 aliphatic rings. The molecule has 0 spiro atoms. The number of nitrogens with one attached hydrogen (secondary N) is 1. The summed E-state index contributed by atoms with van der Waals surface area (Å²) in [5.74, 6) is 1.61. The van der Waals surface area contributed by atoms with Gasteiger partial charge in [-0.15, -0.1) is 0 Å². The zero-order chi connectivity index (χ0) is 13.9. The highest BCUT2D eigenvalue weighted by Gasteiger charge is 2.36. The first-order chi connectivity index (χ1) is 9.12. The van der Waals surface area contributed by atoms with Gasteiger partial charge in [0, 0.05) is 24.3 Å². The molecular formula is C15H23NO3. The zero-order valence-corrected chi connectivity index (χ0v) is 12.2. The third-order valence-corrected chi connectivity index (χ3v) is 3.91. The fourth-order valence-corrected chi connectivity index (χ4v) is 2.73. The van der Waals surface area contributed by atoms with Crippen molar-refractivity contribution in [2.45, 2.75) is 31.4 Å². The van der Waals surface area contributed by atoms with E-state index in [1.807, 2.05) is 25.2 Å². The van der Waals surface area contributed by atoms with E-state index in [1.54, 1.807) is 14.2 Å². The maximum Gasteiger partial charge on any atom is 0.128 e. The number of rotatable bonds is 4. The molecule has 2 unspecified atom stereocenters. The van der Waals surface area contributed by atoms with Crippen molar-refractivity contribution in [3.63, 3.8) is 0 Å². The van der Waals surface area contributed by atoms with Crippen LogP contribution in [0.5, 0.6) is 11.5 Å². The van der Waals surface area contributed by atoms with Gasteiger partial charge in [0.2, 0.25) is 0 Å². The minimum Gasteiger partial charge on any atom is -0.497 e. The SMILES string of the molecule is CNC1CCOC(C)(c2ccc(OC)cc2OC)C1. The van der Waals surface area contributed by atoms with Crippen LogP contribution in [0.3, 0.4) is 0 Å². The highest BCUT2D eigenvalue weighted by molar-refractivity contribution is 5.44. The third kappa shape index (κ3) is 2.85. The lowest BCUT2D eigenvalue weighted by Gasteiger charge is -2.39. The van der Waals surface area contributed by atoms with Crippen molar-refractivity contribution in [1.29, 1.82) is 0 Å². The van der Waals surface area contributed by atoms with E-state index in [9.17, 15) is 0 Å². The van der Waals surface area contributed by atoms with Crippen LogP contribution >= 0.6 is 0 Å². The average molecular weight is 265 g/mol. The largest absolute Gasteiger partial charge is 0.497 e. The van der Waals surface area contributed by atoms with Crippen LogP contribution in [0, 0.1) is 0 Å². The second kappa shape index (κ2) is 5.80. The first-order valence-electron chi connectivity index (χ1n) is 6.66. The fraction of sp³-hybridized carbons (Fsp3) is 0.600. The molecule has 4 nitrogen and oxygen atoms in total. The van der Waals surface area contributed by atoms with E-state index in [0.29, 0.717) is 6.04 Å². The summed E-state index contributed by atoms with van der Waals surface area (Å²) in [5.41, 5.74) is 0.763. The Morgan fingerprint density at radius 3 is 2.74 bits per heavy atom. The summed E-state index contributed by atoms with van der Waals surface area (Å²) in [5, 5.41) is 3.34. The Bertz CT molecular complexity index is 435. The van der Waals surface area contributed by atoms with Gasteiger partial charge in [-0.2, -0.15) is 0 Å². The van der Waals surface area contributed by atoms with Gasteiger partial charge >= 0.3 is 0 Å². The molecule has 106 valence electrons. The quantitative estimate of drug-likeness (QED) is 0.907. The average Bonchev–Trinajstić information content (AvgIpc) is 2.46. The lowest BCUT2D eigenvalue weighted by Crippen LogP contribution is -2.42. The number of benzene rings is 1. The van der Waals surface area contributed by atoms with Crippen LogP contribution in [0.1, 0.15) is 25.3 Å². The van der Waals surface area contributed by atoms with Gasteiger partial charge < -0.3 is 19.5 Å². The summed E-state index contributed by atoms with van der Waals surface area (Å²) >= 11 is 0. The second-order valence-corrected chi connectivity index (χ2v) is 5.12. The highest BCUT2D eigenvalue weighted by atomic mass is 16.5. The van der Waals surface area contributed by atoms with Crippen LogP contribution in [0.25, 0.3) is 0 Å². The summed E-state index contributed by atoms with van der Waals surface area (Å²) in [6.45, 7) is 2.89. The molecule has 1 aromatic carbocycles. The Labute approximate surface area is 115 Å². The smallest absolute Gasteiger partial charge is 0.128 e. The molecule has 0 bridgehead atoms. The molecule has 2 atom stereocenters. The van der Waals surface area contributed by atoms with E-state index in [4.69, 9.17) is 14.2 Å². The Morgan fingerprint density at radius 1 is 1.32 bits per heavy atom. The van der Waals surface area contributed by atoms with Gasteiger partial charge in [0.05, 0.1) is 19.8 Å². The lowest BCUT2D eigenvalue weighted by molar-refractivity contribution is -0.0815. The van der Waals surface area contributed by atoms with Crippen molar-refractivity contribution < 1.29 is 14.2 Å². The van der Waals surface area contributed by atoms with Crippen molar-refractivity contribution in [3.8, 4) is 11.5 Å². The van der Waals surface area contributed by atoms with E-state index >= 15 is 0 Å². The van der Waals surface area contributed by atoms with Crippen LogP contribution in [0.15, 0.2) is 18.2 Å². The van der Waals surface area contributed by atoms with E-state index in [0.717, 1.165) is 36.5 Å². The minimum atomic E-state index is -0.316. The van der Waals surface area contributed by atoms with Gasteiger partial charge in [0.1, 0.15) is 11.5 Å². The molecule has 2 rings (SSSR count). The predicted octanol–water partition coefficient (Wildman–Crippen LogP) is 2.32. The molecule has 0 radical (unpaired) electrons. The Balaban J connectivity index is 2.33.